The molecule has 22 heavy (non-hydrogen) atoms. The van der Waals surface area contributed by atoms with Crippen molar-refractivity contribution in [2.75, 3.05) is 19.0 Å². The normalized spacial score (nSPS) is 11.4. The average Bonchev–Trinajstić information content (AvgIpc) is 2.44. The van der Waals surface area contributed by atoms with Crippen LogP contribution in [0, 0.1) is 0 Å². The van der Waals surface area contributed by atoms with E-state index in [1.807, 2.05) is 0 Å². The number of rotatable bonds is 6. The van der Waals surface area contributed by atoms with Crippen molar-refractivity contribution in [2.45, 2.75) is 45.4 Å². The summed E-state index contributed by atoms with van der Waals surface area (Å²) in [7, 11) is 13.6. The summed E-state index contributed by atoms with van der Waals surface area (Å²) in [6, 6.07) is 8.84. The van der Waals surface area contributed by atoms with Crippen LogP contribution in [0.3, 0.4) is 0 Å². The first-order valence-corrected chi connectivity index (χ1v) is 11.6. The van der Waals surface area contributed by atoms with Crippen LogP contribution in [0.1, 0.15) is 33.3 Å². The zero-order chi connectivity index (χ0) is 17.1. The van der Waals surface area contributed by atoms with Crippen LogP contribution in [-0.2, 0) is 19.1 Å². The second kappa shape index (κ2) is 12.7. The molecule has 1 aromatic rings. The van der Waals surface area contributed by atoms with Gasteiger partial charge in [0.15, 0.2) is 0 Å². The van der Waals surface area contributed by atoms with Gasteiger partial charge in [-0.25, -0.2) is 0 Å². The second-order valence-corrected chi connectivity index (χ2v) is 10.7. The van der Waals surface area contributed by atoms with E-state index in [0.29, 0.717) is 12.7 Å². The molecule has 0 bridgehead atoms. The molecule has 0 aromatic heterocycles. The summed E-state index contributed by atoms with van der Waals surface area (Å²) in [4.78, 5) is 2.14. The van der Waals surface area contributed by atoms with Crippen molar-refractivity contribution in [3.05, 3.63) is 41.7 Å². The van der Waals surface area contributed by atoms with E-state index in [1.165, 1.54) is 11.3 Å². The number of benzene rings is 1. The zero-order valence-electron chi connectivity index (χ0n) is 14.3. The van der Waals surface area contributed by atoms with Gasteiger partial charge in [-0.05, 0) is 35.4 Å². The molecule has 0 heterocycles. The minimum absolute atomic E-state index is 0.0198. The molecule has 0 radical (unpaired) electrons. The minimum atomic E-state index is 0.0198. The van der Waals surface area contributed by atoms with E-state index in [0.717, 1.165) is 17.7 Å². The molecule has 0 saturated carbocycles. The van der Waals surface area contributed by atoms with Crippen LogP contribution in [0.2, 0.25) is 0 Å². The molecule has 1 rings (SSSR count). The molecule has 1 aromatic carbocycles. The monoisotopic (exact) mass is 405 g/mol. The van der Waals surface area contributed by atoms with Gasteiger partial charge in [0.2, 0.25) is 0 Å². The molecule has 0 aliphatic heterocycles. The summed E-state index contributed by atoms with van der Waals surface area (Å²) in [5.41, 5.74) is 4.22. The maximum atomic E-state index is 4.70. The average molecular weight is 407 g/mol. The van der Waals surface area contributed by atoms with Crippen molar-refractivity contribution in [1.82, 2.24) is 0 Å². The number of anilines is 1. The molecule has 0 saturated heterocycles. The Bertz CT molecular complexity index is 411. The standard InChI is InChI=1S/C17H28NP.2ClH.Ni/c1-14(2)19(15(3)4)13-7-8-16-9-11-17(12-10-16)18(5)6;;;/h7,9-15H,8H2,1-6H3;2*1H;/q;;;+2/p-2. The Hall–Kier alpha value is 0.264. The van der Waals surface area contributed by atoms with Gasteiger partial charge in [0.25, 0.3) is 0 Å². The van der Waals surface area contributed by atoms with E-state index in [9.17, 15) is 0 Å². The third-order valence-electron chi connectivity index (χ3n) is 3.28. The Morgan fingerprint density at radius 3 is 1.86 bits per heavy atom. The predicted octanol–water partition coefficient (Wildman–Crippen LogP) is 6.48. The number of halogens is 2. The van der Waals surface area contributed by atoms with Crippen molar-refractivity contribution >= 4 is 34.0 Å². The van der Waals surface area contributed by atoms with E-state index in [-0.39, 0.29) is 7.92 Å². The van der Waals surface area contributed by atoms with E-state index in [4.69, 9.17) is 20.4 Å². The van der Waals surface area contributed by atoms with Crippen LogP contribution in [-0.4, -0.2) is 25.4 Å². The first-order chi connectivity index (χ1) is 10.3. The molecule has 0 aliphatic carbocycles. The fourth-order valence-electron chi connectivity index (χ4n) is 2.18. The molecule has 0 N–H and O–H groups in total. The first-order valence-electron chi connectivity index (χ1n) is 7.36. The molecule has 130 valence electrons. The molecule has 0 aliphatic rings. The molecule has 0 atom stereocenters. The van der Waals surface area contributed by atoms with Crippen LogP contribution >= 0.6 is 28.3 Å². The van der Waals surface area contributed by atoms with Gasteiger partial charge >= 0.3 is 33.0 Å². The summed E-state index contributed by atoms with van der Waals surface area (Å²) in [6.07, 6.45) is 3.41. The van der Waals surface area contributed by atoms with Gasteiger partial charge in [-0.2, -0.15) is 0 Å². The first kappa shape index (κ1) is 22.3. The zero-order valence-corrected chi connectivity index (χ0v) is 17.7. The van der Waals surface area contributed by atoms with Crippen molar-refractivity contribution < 1.29 is 12.7 Å². The van der Waals surface area contributed by atoms with E-state index in [2.05, 4.69) is 82.8 Å². The van der Waals surface area contributed by atoms with Crippen LogP contribution in [0.15, 0.2) is 36.2 Å². The third-order valence-corrected chi connectivity index (χ3v) is 6.22. The van der Waals surface area contributed by atoms with Crippen LogP contribution in [0.5, 0.6) is 0 Å². The summed E-state index contributed by atoms with van der Waals surface area (Å²) in [5, 5.41) is 0. The van der Waals surface area contributed by atoms with Gasteiger partial charge in [-0.3, -0.25) is 0 Å². The van der Waals surface area contributed by atoms with Gasteiger partial charge in [0, 0.05) is 19.8 Å². The van der Waals surface area contributed by atoms with Crippen LogP contribution in [0.25, 0.3) is 0 Å². The molecule has 0 fully saturated rings. The van der Waals surface area contributed by atoms with Gasteiger partial charge in [0.1, 0.15) is 0 Å². The van der Waals surface area contributed by atoms with Crippen LogP contribution in [0.4, 0.5) is 5.69 Å². The topological polar surface area (TPSA) is 3.24 Å². The maximum absolute atomic E-state index is 4.70. The molecule has 0 spiro atoms. The van der Waals surface area contributed by atoms with Crippen LogP contribution < -0.4 is 4.90 Å². The van der Waals surface area contributed by atoms with Crippen molar-refractivity contribution in [3.8, 4) is 0 Å². The van der Waals surface area contributed by atoms with Gasteiger partial charge in [0.05, 0.1) is 0 Å². The Morgan fingerprint density at radius 2 is 1.50 bits per heavy atom. The second-order valence-electron chi connectivity index (χ2n) is 5.83. The number of allylic oxidation sites excluding steroid dienone is 1. The van der Waals surface area contributed by atoms with Gasteiger partial charge in [-0.1, -0.05) is 59.6 Å². The number of hydrogen-bond acceptors (Lipinski definition) is 1. The Balaban J connectivity index is 0.00000135. The fraction of sp³-hybridized carbons (Fsp3) is 0.529. The van der Waals surface area contributed by atoms with Crippen molar-refractivity contribution in [3.63, 3.8) is 0 Å². The molecule has 0 unspecified atom stereocenters. The number of nitrogens with zero attached hydrogens (tertiary/aromatic N) is 1. The van der Waals surface area contributed by atoms with Gasteiger partial charge < -0.3 is 4.90 Å². The predicted molar refractivity (Wildman–Crippen MR) is 103 cm³/mol. The molecule has 1 nitrogen and oxygen atoms in total. The summed E-state index contributed by atoms with van der Waals surface area (Å²) in [6.45, 7) is 9.34. The molecule has 5 heteroatoms. The van der Waals surface area contributed by atoms with E-state index >= 15 is 0 Å². The molecular formula is C17H28Cl2NNiP. The molecular weight excluding hydrogens is 379 g/mol. The number of hydrogen-bond donors (Lipinski definition) is 0. The van der Waals surface area contributed by atoms with E-state index in [1.54, 1.807) is 0 Å². The van der Waals surface area contributed by atoms with Crippen molar-refractivity contribution in [1.29, 1.82) is 0 Å². The third kappa shape index (κ3) is 9.41. The van der Waals surface area contributed by atoms with Gasteiger partial charge in [-0.15, -0.1) is 0 Å². The summed E-state index contributed by atoms with van der Waals surface area (Å²) in [5.74, 6) is 2.46. The Kier molecular flexibility index (Phi) is 12.8. The Labute approximate surface area is 152 Å². The quantitative estimate of drug-likeness (QED) is 0.385. The summed E-state index contributed by atoms with van der Waals surface area (Å²) >= 11 is 0.569. The van der Waals surface area contributed by atoms with E-state index < -0.39 is 0 Å². The summed E-state index contributed by atoms with van der Waals surface area (Å²) < 4.78 is 0. The SMILES string of the molecule is CC(C)P(C=CCc1ccc(N(C)C)cc1)C(C)C.[Cl][Ni][Cl]. The fourth-order valence-corrected chi connectivity index (χ4v) is 4.41. The molecule has 0 amide bonds. The van der Waals surface area contributed by atoms with Crippen molar-refractivity contribution in [2.24, 2.45) is 0 Å². The Morgan fingerprint density at radius 1 is 1.05 bits per heavy atom.